The van der Waals surface area contributed by atoms with Crippen LogP contribution >= 0.6 is 11.3 Å². The predicted molar refractivity (Wildman–Crippen MR) is 82.9 cm³/mol. The number of benzene rings is 1. The Hall–Kier alpha value is -1.88. The monoisotopic (exact) mass is 302 g/mol. The van der Waals surface area contributed by atoms with Crippen molar-refractivity contribution in [2.45, 2.75) is 25.8 Å². The molecule has 4 nitrogen and oxygen atoms in total. The number of rotatable bonds is 3. The molecule has 1 saturated heterocycles. The Morgan fingerprint density at radius 3 is 2.95 bits per heavy atom. The Morgan fingerprint density at radius 2 is 2.24 bits per heavy atom. The van der Waals surface area contributed by atoms with Gasteiger partial charge in [-0.2, -0.15) is 0 Å². The minimum Gasteiger partial charge on any atom is -0.496 e. The van der Waals surface area contributed by atoms with Gasteiger partial charge in [-0.05, 0) is 31.9 Å². The van der Waals surface area contributed by atoms with Gasteiger partial charge in [-0.25, -0.2) is 4.98 Å². The summed E-state index contributed by atoms with van der Waals surface area (Å²) in [7, 11) is 1.60. The van der Waals surface area contributed by atoms with Crippen LogP contribution < -0.4 is 4.74 Å². The van der Waals surface area contributed by atoms with E-state index in [0.29, 0.717) is 11.3 Å². The third kappa shape index (κ3) is 2.65. The highest BCUT2D eigenvalue weighted by molar-refractivity contribution is 7.09. The molecule has 1 amide bonds. The van der Waals surface area contributed by atoms with E-state index in [1.807, 2.05) is 41.5 Å². The number of aromatic nitrogens is 1. The lowest BCUT2D eigenvalue weighted by Crippen LogP contribution is -2.30. The number of ether oxygens (including phenoxy) is 1. The van der Waals surface area contributed by atoms with Crippen LogP contribution in [0.3, 0.4) is 0 Å². The van der Waals surface area contributed by atoms with E-state index in [4.69, 9.17) is 4.74 Å². The van der Waals surface area contributed by atoms with E-state index < -0.39 is 0 Å². The highest BCUT2D eigenvalue weighted by atomic mass is 32.1. The van der Waals surface area contributed by atoms with Crippen molar-refractivity contribution in [2.75, 3.05) is 13.7 Å². The molecule has 1 fully saturated rings. The van der Waals surface area contributed by atoms with Crippen LogP contribution in [0.15, 0.2) is 29.6 Å². The maximum Gasteiger partial charge on any atom is 0.258 e. The van der Waals surface area contributed by atoms with Crippen LogP contribution in [0.5, 0.6) is 5.75 Å². The number of aryl methyl sites for hydroxylation is 1. The molecule has 0 radical (unpaired) electrons. The Balaban J connectivity index is 1.89. The summed E-state index contributed by atoms with van der Waals surface area (Å²) in [5.74, 6) is 0.659. The molecule has 2 heterocycles. The van der Waals surface area contributed by atoms with Crippen LogP contribution in [-0.2, 0) is 0 Å². The molecule has 0 bridgehead atoms. The van der Waals surface area contributed by atoms with Gasteiger partial charge >= 0.3 is 0 Å². The molecule has 110 valence electrons. The fourth-order valence-electron chi connectivity index (χ4n) is 2.77. The van der Waals surface area contributed by atoms with E-state index in [1.54, 1.807) is 18.4 Å². The minimum absolute atomic E-state index is 0.0304. The summed E-state index contributed by atoms with van der Waals surface area (Å²) >= 11 is 1.64. The Morgan fingerprint density at radius 1 is 1.43 bits per heavy atom. The minimum atomic E-state index is 0.0304. The highest BCUT2D eigenvalue weighted by Gasteiger charge is 2.33. The molecular weight excluding hydrogens is 284 g/mol. The number of likely N-dealkylation sites (tertiary alicyclic amines) is 1. The summed E-state index contributed by atoms with van der Waals surface area (Å²) in [6, 6.07) is 7.49. The number of nitrogens with zero attached hydrogens (tertiary/aromatic N) is 2. The fraction of sp³-hybridized carbons (Fsp3) is 0.375. The van der Waals surface area contributed by atoms with Crippen LogP contribution in [0.25, 0.3) is 0 Å². The first-order valence-electron chi connectivity index (χ1n) is 7.06. The third-order valence-corrected chi connectivity index (χ3v) is 4.84. The molecule has 0 spiro atoms. The molecule has 0 aliphatic carbocycles. The van der Waals surface area contributed by atoms with Gasteiger partial charge in [-0.15, -0.1) is 11.3 Å². The number of hydrogen-bond donors (Lipinski definition) is 0. The van der Waals surface area contributed by atoms with Gasteiger partial charge in [0.25, 0.3) is 5.91 Å². The zero-order chi connectivity index (χ0) is 14.8. The molecule has 1 atom stereocenters. The van der Waals surface area contributed by atoms with Crippen molar-refractivity contribution in [2.24, 2.45) is 0 Å². The van der Waals surface area contributed by atoms with E-state index in [2.05, 4.69) is 4.98 Å². The third-order valence-electron chi connectivity index (χ3n) is 3.77. The average molecular weight is 302 g/mol. The summed E-state index contributed by atoms with van der Waals surface area (Å²) in [5, 5.41) is 3.08. The van der Waals surface area contributed by atoms with E-state index in [0.717, 1.165) is 30.1 Å². The van der Waals surface area contributed by atoms with Crippen molar-refractivity contribution in [3.63, 3.8) is 0 Å². The van der Waals surface area contributed by atoms with Gasteiger partial charge in [0.1, 0.15) is 10.8 Å². The molecule has 0 unspecified atom stereocenters. The first-order chi connectivity index (χ1) is 10.2. The Kier molecular flexibility index (Phi) is 3.92. The van der Waals surface area contributed by atoms with Crippen molar-refractivity contribution in [3.8, 4) is 5.75 Å². The maximum atomic E-state index is 12.8. The molecular formula is C16H18N2O2S. The van der Waals surface area contributed by atoms with Gasteiger partial charge in [-0.1, -0.05) is 12.1 Å². The lowest BCUT2D eigenvalue weighted by atomic mass is 10.1. The molecule has 2 aromatic rings. The first-order valence-corrected chi connectivity index (χ1v) is 7.94. The fourth-order valence-corrected chi connectivity index (χ4v) is 3.71. The average Bonchev–Trinajstić information content (AvgIpc) is 3.14. The molecule has 21 heavy (non-hydrogen) atoms. The van der Waals surface area contributed by atoms with Crippen molar-refractivity contribution >= 4 is 17.2 Å². The zero-order valence-corrected chi connectivity index (χ0v) is 13.0. The first kappa shape index (κ1) is 14.1. The van der Waals surface area contributed by atoms with E-state index in [1.165, 1.54) is 0 Å². The number of carbonyl (C=O) groups is 1. The molecule has 1 aliphatic rings. The van der Waals surface area contributed by atoms with Crippen LogP contribution in [0.2, 0.25) is 0 Å². The highest BCUT2D eigenvalue weighted by Crippen LogP contribution is 2.35. The SMILES string of the molecule is COc1ccccc1C(=O)N1CCC[C@@H]1c1nc(C)cs1. The number of amides is 1. The van der Waals surface area contributed by atoms with Gasteiger partial charge in [-0.3, -0.25) is 4.79 Å². The zero-order valence-electron chi connectivity index (χ0n) is 12.2. The summed E-state index contributed by atoms with van der Waals surface area (Å²) in [4.78, 5) is 19.3. The Bertz CT molecular complexity index is 653. The van der Waals surface area contributed by atoms with Crippen molar-refractivity contribution in [1.82, 2.24) is 9.88 Å². The van der Waals surface area contributed by atoms with Gasteiger partial charge in [0.15, 0.2) is 0 Å². The Labute approximate surface area is 128 Å². The van der Waals surface area contributed by atoms with Gasteiger partial charge in [0, 0.05) is 17.6 Å². The standard InChI is InChI=1S/C16H18N2O2S/c1-11-10-21-15(17-11)13-7-5-9-18(13)16(19)12-6-3-4-8-14(12)20-2/h3-4,6,8,10,13H,5,7,9H2,1-2H3/t13-/m1/s1. The van der Waals surface area contributed by atoms with Crippen LogP contribution in [0.1, 0.15) is 39.9 Å². The second-order valence-electron chi connectivity index (χ2n) is 5.18. The summed E-state index contributed by atoms with van der Waals surface area (Å²) in [5.41, 5.74) is 1.65. The van der Waals surface area contributed by atoms with Crippen molar-refractivity contribution < 1.29 is 9.53 Å². The van der Waals surface area contributed by atoms with Crippen LogP contribution in [0.4, 0.5) is 0 Å². The predicted octanol–water partition coefficient (Wildman–Crippen LogP) is 3.44. The largest absolute Gasteiger partial charge is 0.496 e. The lowest BCUT2D eigenvalue weighted by molar-refractivity contribution is 0.0732. The molecule has 1 aromatic heterocycles. The number of thiazole rings is 1. The lowest BCUT2D eigenvalue weighted by Gasteiger charge is -2.24. The molecule has 0 N–H and O–H groups in total. The molecule has 5 heteroatoms. The molecule has 0 saturated carbocycles. The van der Waals surface area contributed by atoms with E-state index >= 15 is 0 Å². The number of carbonyl (C=O) groups excluding carboxylic acids is 1. The normalized spacial score (nSPS) is 18.0. The van der Waals surface area contributed by atoms with Crippen molar-refractivity contribution in [1.29, 1.82) is 0 Å². The molecule has 1 aliphatic heterocycles. The summed E-state index contributed by atoms with van der Waals surface area (Å²) in [6.07, 6.45) is 2.00. The summed E-state index contributed by atoms with van der Waals surface area (Å²) in [6.45, 7) is 2.77. The van der Waals surface area contributed by atoms with E-state index in [9.17, 15) is 4.79 Å². The number of hydrogen-bond acceptors (Lipinski definition) is 4. The summed E-state index contributed by atoms with van der Waals surface area (Å²) < 4.78 is 5.31. The number of para-hydroxylation sites is 1. The maximum absolute atomic E-state index is 12.8. The van der Waals surface area contributed by atoms with Crippen LogP contribution in [0, 0.1) is 6.92 Å². The molecule has 3 rings (SSSR count). The quantitative estimate of drug-likeness (QED) is 0.872. The second-order valence-corrected chi connectivity index (χ2v) is 6.07. The van der Waals surface area contributed by atoms with Gasteiger partial charge in [0.2, 0.25) is 0 Å². The van der Waals surface area contributed by atoms with Crippen molar-refractivity contribution in [3.05, 3.63) is 45.9 Å². The van der Waals surface area contributed by atoms with Crippen LogP contribution in [-0.4, -0.2) is 29.4 Å². The van der Waals surface area contributed by atoms with Gasteiger partial charge < -0.3 is 9.64 Å². The molecule has 1 aromatic carbocycles. The van der Waals surface area contributed by atoms with E-state index in [-0.39, 0.29) is 11.9 Å². The second kappa shape index (κ2) is 5.85. The smallest absolute Gasteiger partial charge is 0.258 e. The topological polar surface area (TPSA) is 42.4 Å². The number of methoxy groups -OCH3 is 1. The van der Waals surface area contributed by atoms with Gasteiger partial charge in [0.05, 0.1) is 18.7 Å².